The second-order valence-electron chi connectivity index (χ2n) is 15.5. The molecule has 0 saturated heterocycles. The number of aromatic nitrogens is 3. The van der Waals surface area contributed by atoms with Gasteiger partial charge < -0.3 is 14.4 Å². The van der Waals surface area contributed by atoms with E-state index in [1.807, 2.05) is 6.07 Å². The summed E-state index contributed by atoms with van der Waals surface area (Å²) in [6, 6.07) is 81.4. The number of imidazole rings is 1. The Bertz CT molecular complexity index is 3070. The molecule has 11 aromatic rings. The van der Waals surface area contributed by atoms with Crippen molar-refractivity contribution in [1.82, 2.24) is 14.5 Å². The van der Waals surface area contributed by atoms with Gasteiger partial charge in [-0.3, -0.25) is 0 Å². The first-order valence-corrected chi connectivity index (χ1v) is 22.0. The summed E-state index contributed by atoms with van der Waals surface area (Å²) in [6.45, 7) is 0. The Morgan fingerprint density at radius 2 is 0.762 bits per heavy atom. The number of rotatable bonds is 10. The van der Waals surface area contributed by atoms with Crippen LogP contribution in [0.3, 0.4) is 0 Å². The molecule has 2 aromatic heterocycles. The van der Waals surface area contributed by atoms with E-state index in [2.05, 4.69) is 246 Å². The molecular formula is C57H41N5S. The van der Waals surface area contributed by atoms with Gasteiger partial charge in [-0.2, -0.15) is 0 Å². The lowest BCUT2D eigenvalue weighted by atomic mass is 9.98. The number of anilines is 6. The maximum Gasteiger partial charge on any atom is 0.140 e. The molecule has 0 fully saturated rings. The minimum absolute atomic E-state index is 0.944. The molecule has 0 bridgehead atoms. The zero-order valence-corrected chi connectivity index (χ0v) is 35.4. The fraction of sp³-hybridized carbons (Fsp3) is 0.0175. The average Bonchev–Trinajstić information content (AvgIpc) is 3.95. The largest absolute Gasteiger partial charge is 0.327 e. The summed E-state index contributed by atoms with van der Waals surface area (Å²) in [4.78, 5) is 15.0. The van der Waals surface area contributed by atoms with Crippen molar-refractivity contribution in [2.45, 2.75) is 0 Å². The van der Waals surface area contributed by atoms with Crippen LogP contribution in [0.5, 0.6) is 0 Å². The highest BCUT2D eigenvalue weighted by atomic mass is 32.1. The summed E-state index contributed by atoms with van der Waals surface area (Å²) in [6.07, 6.45) is 0. The van der Waals surface area contributed by atoms with Gasteiger partial charge in [-0.1, -0.05) is 146 Å². The summed E-state index contributed by atoms with van der Waals surface area (Å²) < 4.78 is 3.31. The van der Waals surface area contributed by atoms with Crippen molar-refractivity contribution >= 4 is 66.7 Å². The number of hydrogen-bond donors (Lipinski definition) is 0. The zero-order chi connectivity index (χ0) is 42.1. The minimum Gasteiger partial charge on any atom is -0.327 e. The number of para-hydroxylation sites is 6. The molecule has 0 radical (unpaired) electrons. The Morgan fingerprint density at radius 1 is 0.365 bits per heavy atom. The predicted molar refractivity (Wildman–Crippen MR) is 265 cm³/mol. The fourth-order valence-corrected chi connectivity index (χ4v) is 9.67. The van der Waals surface area contributed by atoms with Crippen molar-refractivity contribution in [3.05, 3.63) is 231 Å². The van der Waals surface area contributed by atoms with Crippen LogP contribution in [0.25, 0.3) is 65.5 Å². The van der Waals surface area contributed by atoms with Crippen molar-refractivity contribution in [2.24, 2.45) is 7.05 Å². The third-order valence-corrected chi connectivity index (χ3v) is 12.8. The smallest absolute Gasteiger partial charge is 0.140 e. The van der Waals surface area contributed by atoms with Crippen LogP contribution in [0.15, 0.2) is 231 Å². The summed E-state index contributed by atoms with van der Waals surface area (Å²) in [5.74, 6) is 0.944. The molecule has 0 aliphatic rings. The number of aryl methyl sites for hydroxylation is 1. The van der Waals surface area contributed by atoms with E-state index >= 15 is 0 Å². The van der Waals surface area contributed by atoms with Crippen LogP contribution in [0.1, 0.15) is 0 Å². The molecule has 0 unspecified atom stereocenters. The first kappa shape index (κ1) is 37.9. The summed E-state index contributed by atoms with van der Waals surface area (Å²) in [5, 5.41) is 0.974. The summed E-state index contributed by atoms with van der Waals surface area (Å²) in [7, 11) is 2.08. The van der Waals surface area contributed by atoms with Gasteiger partial charge in [-0.05, 0) is 96.1 Å². The Hall–Kier alpha value is -8.06. The maximum atomic E-state index is 5.46. The molecular weight excluding hydrogens is 787 g/mol. The molecule has 300 valence electrons. The van der Waals surface area contributed by atoms with E-state index in [4.69, 9.17) is 9.97 Å². The monoisotopic (exact) mass is 827 g/mol. The summed E-state index contributed by atoms with van der Waals surface area (Å²) in [5.41, 5.74) is 16.4. The molecule has 11 rings (SSSR count). The molecule has 63 heavy (non-hydrogen) atoms. The average molecular weight is 828 g/mol. The first-order valence-electron chi connectivity index (χ1n) is 21.1. The molecule has 0 amide bonds. The van der Waals surface area contributed by atoms with Gasteiger partial charge in [0, 0.05) is 63.4 Å². The van der Waals surface area contributed by atoms with Crippen LogP contribution in [-0.4, -0.2) is 14.5 Å². The molecule has 0 aliphatic heterocycles. The lowest BCUT2D eigenvalue weighted by Crippen LogP contribution is -2.09. The number of nitrogens with zero attached hydrogens (tertiary/aromatic N) is 5. The number of fused-ring (bicyclic) bond motifs is 2. The van der Waals surface area contributed by atoms with E-state index in [0.29, 0.717) is 0 Å². The third kappa shape index (κ3) is 7.22. The number of thiazole rings is 1. The number of hydrogen-bond acceptors (Lipinski definition) is 5. The van der Waals surface area contributed by atoms with Crippen molar-refractivity contribution in [1.29, 1.82) is 0 Å². The Labute approximate surface area is 371 Å². The molecule has 9 aromatic carbocycles. The highest BCUT2D eigenvalue weighted by Crippen LogP contribution is 2.44. The van der Waals surface area contributed by atoms with E-state index in [1.165, 1.54) is 0 Å². The van der Waals surface area contributed by atoms with E-state index in [9.17, 15) is 0 Å². The normalized spacial score (nSPS) is 11.3. The molecule has 0 saturated carbocycles. The van der Waals surface area contributed by atoms with Gasteiger partial charge in [0.15, 0.2) is 0 Å². The van der Waals surface area contributed by atoms with Crippen LogP contribution in [0, 0.1) is 0 Å². The topological polar surface area (TPSA) is 37.2 Å². The SMILES string of the molecule is Cn1c(-c2ccc(-c3nc4c(-c5ccc(N(c6ccccc6)c6ccccc6)cc5)ccc(-c5ccc(N(c6ccccc6)c6ccccc6)cc5)c4s3)cc2)nc2ccccc21. The van der Waals surface area contributed by atoms with Crippen LogP contribution in [0.2, 0.25) is 0 Å². The predicted octanol–water partition coefficient (Wildman–Crippen LogP) is 15.8. The van der Waals surface area contributed by atoms with Crippen LogP contribution < -0.4 is 9.80 Å². The quantitative estimate of drug-likeness (QED) is 0.138. The number of benzene rings is 9. The van der Waals surface area contributed by atoms with Gasteiger partial charge in [0.05, 0.1) is 21.3 Å². The molecule has 0 N–H and O–H groups in total. The van der Waals surface area contributed by atoms with Crippen molar-refractivity contribution in [3.63, 3.8) is 0 Å². The first-order chi connectivity index (χ1) is 31.2. The second kappa shape index (κ2) is 16.4. The molecule has 6 heteroatoms. The Kier molecular flexibility index (Phi) is 9.88. The molecule has 5 nitrogen and oxygen atoms in total. The Balaban J connectivity index is 1.00. The zero-order valence-electron chi connectivity index (χ0n) is 34.6. The highest BCUT2D eigenvalue weighted by Gasteiger charge is 2.19. The van der Waals surface area contributed by atoms with Crippen LogP contribution in [-0.2, 0) is 7.05 Å². The lowest BCUT2D eigenvalue weighted by molar-refractivity contribution is 0.959. The second-order valence-corrected chi connectivity index (χ2v) is 16.5. The molecule has 0 spiro atoms. The van der Waals surface area contributed by atoms with E-state index < -0.39 is 0 Å². The van der Waals surface area contributed by atoms with E-state index in [0.717, 1.165) is 99.6 Å². The van der Waals surface area contributed by atoms with Gasteiger partial charge in [0.25, 0.3) is 0 Å². The summed E-state index contributed by atoms with van der Waals surface area (Å²) >= 11 is 1.75. The van der Waals surface area contributed by atoms with E-state index in [-0.39, 0.29) is 0 Å². The molecule has 0 aliphatic carbocycles. The van der Waals surface area contributed by atoms with Crippen molar-refractivity contribution in [2.75, 3.05) is 9.80 Å². The van der Waals surface area contributed by atoms with Crippen LogP contribution in [0.4, 0.5) is 34.1 Å². The third-order valence-electron chi connectivity index (χ3n) is 11.7. The molecule has 0 atom stereocenters. The Morgan fingerprint density at radius 3 is 1.25 bits per heavy atom. The van der Waals surface area contributed by atoms with Gasteiger partial charge >= 0.3 is 0 Å². The molecule has 2 heterocycles. The van der Waals surface area contributed by atoms with Gasteiger partial charge in [0.1, 0.15) is 10.8 Å². The minimum atomic E-state index is 0.944. The van der Waals surface area contributed by atoms with Crippen LogP contribution >= 0.6 is 11.3 Å². The maximum absolute atomic E-state index is 5.46. The van der Waals surface area contributed by atoms with Gasteiger partial charge in [-0.15, -0.1) is 11.3 Å². The van der Waals surface area contributed by atoms with Gasteiger partial charge in [-0.25, -0.2) is 9.97 Å². The lowest BCUT2D eigenvalue weighted by Gasteiger charge is -2.25. The van der Waals surface area contributed by atoms with Crippen molar-refractivity contribution < 1.29 is 0 Å². The van der Waals surface area contributed by atoms with E-state index in [1.54, 1.807) is 11.3 Å². The van der Waals surface area contributed by atoms with Crippen molar-refractivity contribution in [3.8, 4) is 44.2 Å². The fourth-order valence-electron chi connectivity index (χ4n) is 8.54. The van der Waals surface area contributed by atoms with Gasteiger partial charge in [0.2, 0.25) is 0 Å². The highest BCUT2D eigenvalue weighted by molar-refractivity contribution is 7.22. The standard InChI is InChI=1S/C57H41N5S/c1-60-53-25-15-14-24-52(53)58-56(60)42-26-28-43(29-27-42)57-59-54-50(40-30-34-48(35-31-40)61(44-16-6-2-7-17-44)45-18-8-3-9-19-45)38-39-51(55(54)63-57)41-32-36-49(37-33-41)62(46-20-10-4-11-21-46)47-22-12-5-13-23-47/h2-39H,1H3.